The van der Waals surface area contributed by atoms with E-state index < -0.39 is 0 Å². The van der Waals surface area contributed by atoms with Gasteiger partial charge in [-0.2, -0.15) is 0 Å². The number of methoxy groups -OCH3 is 1. The number of rotatable bonds is 5. The largest absolute Gasteiger partial charge is 0.497 e. The van der Waals surface area contributed by atoms with Crippen LogP contribution < -0.4 is 10.1 Å². The molecule has 0 atom stereocenters. The molecule has 7 heteroatoms. The van der Waals surface area contributed by atoms with Gasteiger partial charge in [-0.05, 0) is 35.7 Å². The molecule has 136 valence electrons. The van der Waals surface area contributed by atoms with E-state index in [-0.39, 0.29) is 12.5 Å². The van der Waals surface area contributed by atoms with E-state index in [0.29, 0.717) is 23.2 Å². The maximum Gasteiger partial charge on any atom is 0.247 e. The van der Waals surface area contributed by atoms with Gasteiger partial charge < -0.3 is 19.0 Å². The number of fused-ring (bicyclic) bond motifs is 1. The SMILES string of the molecule is COc1cccc(NC(=O)Cn2ccc3ccc(-c4nnc(C)o4)cc32)c1. The van der Waals surface area contributed by atoms with Crippen LogP contribution in [-0.2, 0) is 11.3 Å². The van der Waals surface area contributed by atoms with E-state index in [1.54, 1.807) is 20.1 Å². The zero-order valence-corrected chi connectivity index (χ0v) is 15.0. The highest BCUT2D eigenvalue weighted by atomic mass is 16.5. The molecule has 2 heterocycles. The average molecular weight is 362 g/mol. The van der Waals surface area contributed by atoms with Crippen LogP contribution in [0.3, 0.4) is 0 Å². The molecule has 0 bridgehead atoms. The summed E-state index contributed by atoms with van der Waals surface area (Å²) in [6.07, 6.45) is 1.89. The van der Waals surface area contributed by atoms with Crippen molar-refractivity contribution in [2.75, 3.05) is 12.4 Å². The molecule has 0 saturated heterocycles. The minimum Gasteiger partial charge on any atom is -0.497 e. The molecular weight excluding hydrogens is 344 g/mol. The van der Waals surface area contributed by atoms with Crippen molar-refractivity contribution in [3.8, 4) is 17.2 Å². The molecule has 0 spiro atoms. The molecule has 0 saturated carbocycles. The van der Waals surface area contributed by atoms with Gasteiger partial charge in [0, 0.05) is 36.0 Å². The van der Waals surface area contributed by atoms with Crippen molar-refractivity contribution >= 4 is 22.5 Å². The topological polar surface area (TPSA) is 82.2 Å². The summed E-state index contributed by atoms with van der Waals surface area (Å²) >= 11 is 0. The van der Waals surface area contributed by atoms with Crippen LogP contribution in [0.25, 0.3) is 22.4 Å². The van der Waals surface area contributed by atoms with Gasteiger partial charge in [-0.25, -0.2) is 0 Å². The van der Waals surface area contributed by atoms with Crippen molar-refractivity contribution in [3.63, 3.8) is 0 Å². The fourth-order valence-electron chi connectivity index (χ4n) is 2.92. The van der Waals surface area contributed by atoms with E-state index in [1.807, 2.05) is 53.2 Å². The first kappa shape index (κ1) is 16.8. The number of aromatic nitrogens is 3. The number of hydrogen-bond acceptors (Lipinski definition) is 5. The van der Waals surface area contributed by atoms with Crippen molar-refractivity contribution in [2.24, 2.45) is 0 Å². The molecule has 0 unspecified atom stereocenters. The smallest absolute Gasteiger partial charge is 0.247 e. The van der Waals surface area contributed by atoms with E-state index in [9.17, 15) is 4.79 Å². The van der Waals surface area contributed by atoms with Crippen LogP contribution in [-0.4, -0.2) is 27.8 Å². The first-order valence-electron chi connectivity index (χ1n) is 8.45. The van der Waals surface area contributed by atoms with Gasteiger partial charge in [-0.3, -0.25) is 4.79 Å². The third-order valence-corrected chi connectivity index (χ3v) is 4.21. The van der Waals surface area contributed by atoms with E-state index in [2.05, 4.69) is 15.5 Å². The summed E-state index contributed by atoms with van der Waals surface area (Å²) in [7, 11) is 1.59. The van der Waals surface area contributed by atoms with E-state index in [0.717, 1.165) is 16.5 Å². The number of amides is 1. The highest BCUT2D eigenvalue weighted by molar-refractivity contribution is 5.92. The molecule has 0 aliphatic carbocycles. The number of ether oxygens (including phenoxy) is 1. The highest BCUT2D eigenvalue weighted by Gasteiger charge is 2.11. The average Bonchev–Trinajstić information content (AvgIpc) is 3.28. The normalized spacial score (nSPS) is 10.9. The fourth-order valence-corrected chi connectivity index (χ4v) is 2.92. The fraction of sp³-hybridized carbons (Fsp3) is 0.150. The monoisotopic (exact) mass is 362 g/mol. The van der Waals surface area contributed by atoms with Gasteiger partial charge in [0.15, 0.2) is 0 Å². The molecule has 1 amide bonds. The van der Waals surface area contributed by atoms with Crippen LogP contribution in [0.2, 0.25) is 0 Å². The minimum atomic E-state index is -0.125. The lowest BCUT2D eigenvalue weighted by molar-refractivity contribution is -0.116. The second kappa shape index (κ2) is 6.95. The number of nitrogens with zero attached hydrogens (tertiary/aromatic N) is 3. The maximum absolute atomic E-state index is 12.5. The van der Waals surface area contributed by atoms with Crippen molar-refractivity contribution in [1.29, 1.82) is 0 Å². The summed E-state index contributed by atoms with van der Waals surface area (Å²) in [5.74, 6) is 1.54. The Hall–Kier alpha value is -3.61. The van der Waals surface area contributed by atoms with Gasteiger partial charge in [0.2, 0.25) is 17.7 Å². The van der Waals surface area contributed by atoms with Crippen LogP contribution in [0.4, 0.5) is 5.69 Å². The van der Waals surface area contributed by atoms with Crippen LogP contribution in [0.15, 0.2) is 59.1 Å². The Kier molecular flexibility index (Phi) is 4.33. The first-order valence-corrected chi connectivity index (χ1v) is 8.45. The van der Waals surface area contributed by atoms with Gasteiger partial charge in [0.1, 0.15) is 12.3 Å². The second-order valence-corrected chi connectivity index (χ2v) is 6.12. The predicted octanol–water partition coefficient (Wildman–Crippen LogP) is 3.65. The Balaban J connectivity index is 1.57. The Morgan fingerprint density at radius 3 is 2.85 bits per heavy atom. The van der Waals surface area contributed by atoms with E-state index in [4.69, 9.17) is 9.15 Å². The Morgan fingerprint density at radius 2 is 2.07 bits per heavy atom. The van der Waals surface area contributed by atoms with Crippen LogP contribution >= 0.6 is 0 Å². The zero-order chi connectivity index (χ0) is 18.8. The lowest BCUT2D eigenvalue weighted by Crippen LogP contribution is -2.18. The lowest BCUT2D eigenvalue weighted by atomic mass is 10.1. The van der Waals surface area contributed by atoms with Crippen LogP contribution in [0, 0.1) is 6.92 Å². The second-order valence-electron chi connectivity index (χ2n) is 6.12. The minimum absolute atomic E-state index is 0.125. The molecule has 27 heavy (non-hydrogen) atoms. The van der Waals surface area contributed by atoms with E-state index in [1.165, 1.54) is 0 Å². The van der Waals surface area contributed by atoms with Gasteiger partial charge >= 0.3 is 0 Å². The molecule has 0 fully saturated rings. The molecule has 1 N–H and O–H groups in total. The molecule has 0 radical (unpaired) electrons. The van der Waals surface area contributed by atoms with Crippen molar-refractivity contribution in [1.82, 2.24) is 14.8 Å². The van der Waals surface area contributed by atoms with Crippen molar-refractivity contribution in [3.05, 3.63) is 60.6 Å². The summed E-state index contributed by atoms with van der Waals surface area (Å²) in [6, 6.07) is 15.1. The summed E-state index contributed by atoms with van der Waals surface area (Å²) < 4.78 is 12.6. The van der Waals surface area contributed by atoms with Gasteiger partial charge in [0.05, 0.1) is 7.11 Å². The zero-order valence-electron chi connectivity index (χ0n) is 15.0. The first-order chi connectivity index (χ1) is 13.1. The standard InChI is InChI=1S/C20H18N4O3/c1-13-22-23-20(27-13)15-7-6-14-8-9-24(18(14)10-15)12-19(25)21-16-4-3-5-17(11-16)26-2/h3-11H,12H2,1-2H3,(H,21,25). The van der Waals surface area contributed by atoms with Gasteiger partial charge in [-0.1, -0.05) is 12.1 Å². The highest BCUT2D eigenvalue weighted by Crippen LogP contribution is 2.24. The van der Waals surface area contributed by atoms with Crippen molar-refractivity contribution < 1.29 is 13.9 Å². The summed E-state index contributed by atoms with van der Waals surface area (Å²) in [6.45, 7) is 1.94. The number of aryl methyl sites for hydroxylation is 1. The van der Waals surface area contributed by atoms with Crippen LogP contribution in [0.5, 0.6) is 5.75 Å². The molecule has 0 aliphatic rings. The lowest BCUT2D eigenvalue weighted by Gasteiger charge is -2.09. The summed E-state index contributed by atoms with van der Waals surface area (Å²) in [4.78, 5) is 12.5. The Labute approximate surface area is 155 Å². The number of carbonyl (C=O) groups excluding carboxylic acids is 1. The van der Waals surface area contributed by atoms with E-state index >= 15 is 0 Å². The number of benzene rings is 2. The molecular formula is C20H18N4O3. The Bertz CT molecular complexity index is 1110. The van der Waals surface area contributed by atoms with Gasteiger partial charge in [0.25, 0.3) is 0 Å². The number of nitrogens with one attached hydrogen (secondary N) is 1. The third kappa shape index (κ3) is 3.52. The third-order valence-electron chi connectivity index (χ3n) is 4.21. The number of hydrogen-bond donors (Lipinski definition) is 1. The molecule has 2 aromatic carbocycles. The van der Waals surface area contributed by atoms with Gasteiger partial charge in [-0.15, -0.1) is 10.2 Å². The maximum atomic E-state index is 12.5. The molecule has 7 nitrogen and oxygen atoms in total. The number of carbonyl (C=O) groups is 1. The van der Waals surface area contributed by atoms with Crippen molar-refractivity contribution in [2.45, 2.75) is 13.5 Å². The summed E-state index contributed by atoms with van der Waals surface area (Å²) in [5.41, 5.74) is 2.43. The molecule has 0 aliphatic heterocycles. The quantitative estimate of drug-likeness (QED) is 0.586. The predicted molar refractivity (Wildman–Crippen MR) is 102 cm³/mol. The number of anilines is 1. The molecule has 2 aromatic heterocycles. The summed E-state index contributed by atoms with van der Waals surface area (Å²) in [5, 5.41) is 11.8. The molecule has 4 aromatic rings. The Morgan fingerprint density at radius 1 is 1.19 bits per heavy atom. The molecule has 4 rings (SSSR count). The van der Waals surface area contributed by atoms with Crippen LogP contribution in [0.1, 0.15) is 5.89 Å².